The zero-order chi connectivity index (χ0) is 23.4. The predicted molar refractivity (Wildman–Crippen MR) is 127 cm³/mol. The molecule has 33 heavy (non-hydrogen) atoms. The maximum Gasteiger partial charge on any atom is 0.363 e. The number of cyclic esters (lactones) is 1. The number of ether oxygens (including phenoxy) is 2. The van der Waals surface area contributed by atoms with E-state index >= 15 is 0 Å². The minimum absolute atomic E-state index is 0.154. The number of carbonyl (C=O) groups excluding carboxylic acids is 1. The number of esters is 1. The first-order valence-electron chi connectivity index (χ1n) is 11.0. The SMILES string of the molecule is CCN(CC)c1ccc(/C=C2\N=C(c3ccc(S(=O)(=O)N4CCOCC4)cc3)OC2=O)cc1. The van der Waals surface area contributed by atoms with E-state index in [1.807, 2.05) is 24.3 Å². The molecule has 0 radical (unpaired) electrons. The van der Waals surface area contributed by atoms with Crippen LogP contribution in [0.1, 0.15) is 25.0 Å². The van der Waals surface area contributed by atoms with Crippen LogP contribution in [0.3, 0.4) is 0 Å². The van der Waals surface area contributed by atoms with Crippen molar-refractivity contribution in [2.45, 2.75) is 18.7 Å². The lowest BCUT2D eigenvalue weighted by atomic mass is 10.1. The van der Waals surface area contributed by atoms with Crippen molar-refractivity contribution in [3.8, 4) is 0 Å². The number of nitrogens with zero attached hydrogens (tertiary/aromatic N) is 3. The van der Waals surface area contributed by atoms with E-state index in [-0.39, 0.29) is 16.5 Å². The first kappa shape index (κ1) is 23.2. The Hall–Kier alpha value is -3.01. The van der Waals surface area contributed by atoms with Gasteiger partial charge in [-0.3, -0.25) is 0 Å². The zero-order valence-electron chi connectivity index (χ0n) is 18.7. The van der Waals surface area contributed by atoms with Crippen LogP contribution in [0.5, 0.6) is 0 Å². The van der Waals surface area contributed by atoms with Gasteiger partial charge in [0.05, 0.1) is 18.1 Å². The third-order valence-electron chi connectivity index (χ3n) is 5.65. The summed E-state index contributed by atoms with van der Waals surface area (Å²) in [5.74, 6) is -0.385. The Morgan fingerprint density at radius 3 is 2.24 bits per heavy atom. The van der Waals surface area contributed by atoms with Crippen LogP contribution >= 0.6 is 0 Å². The third-order valence-corrected chi connectivity index (χ3v) is 7.57. The van der Waals surface area contributed by atoms with Crippen molar-refractivity contribution < 1.29 is 22.7 Å². The molecule has 0 aliphatic carbocycles. The van der Waals surface area contributed by atoms with Gasteiger partial charge in [0, 0.05) is 37.4 Å². The van der Waals surface area contributed by atoms with Gasteiger partial charge in [-0.15, -0.1) is 0 Å². The van der Waals surface area contributed by atoms with Gasteiger partial charge >= 0.3 is 5.97 Å². The molecule has 2 aliphatic heterocycles. The number of hydrogen-bond donors (Lipinski definition) is 0. The summed E-state index contributed by atoms with van der Waals surface area (Å²) < 4.78 is 37.5. The van der Waals surface area contributed by atoms with Crippen molar-refractivity contribution in [3.63, 3.8) is 0 Å². The number of benzene rings is 2. The smallest absolute Gasteiger partial charge is 0.363 e. The topological polar surface area (TPSA) is 88.5 Å². The number of sulfonamides is 1. The van der Waals surface area contributed by atoms with E-state index in [1.165, 1.54) is 16.4 Å². The van der Waals surface area contributed by atoms with Crippen molar-refractivity contribution >= 4 is 33.7 Å². The molecular weight excluding hydrogens is 442 g/mol. The maximum atomic E-state index is 12.8. The zero-order valence-corrected chi connectivity index (χ0v) is 19.5. The molecule has 0 atom stereocenters. The summed E-state index contributed by atoms with van der Waals surface area (Å²) >= 11 is 0. The van der Waals surface area contributed by atoms with Gasteiger partial charge in [0.1, 0.15) is 0 Å². The van der Waals surface area contributed by atoms with E-state index < -0.39 is 16.0 Å². The summed E-state index contributed by atoms with van der Waals surface area (Å²) in [6.45, 7) is 7.49. The fourth-order valence-electron chi connectivity index (χ4n) is 3.77. The molecule has 0 amide bonds. The molecule has 1 fully saturated rings. The van der Waals surface area contributed by atoms with Crippen LogP contribution in [0.2, 0.25) is 0 Å². The molecular formula is C24H27N3O5S. The highest BCUT2D eigenvalue weighted by molar-refractivity contribution is 7.89. The predicted octanol–water partition coefficient (Wildman–Crippen LogP) is 2.90. The van der Waals surface area contributed by atoms with Crippen LogP contribution in [-0.4, -0.2) is 64.0 Å². The Kier molecular flexibility index (Phi) is 6.92. The normalized spacial score (nSPS) is 18.3. The molecule has 4 rings (SSSR count). The average Bonchev–Trinajstić information content (AvgIpc) is 3.21. The average molecular weight is 470 g/mol. The molecule has 174 valence electrons. The first-order chi connectivity index (χ1) is 15.9. The fourth-order valence-corrected chi connectivity index (χ4v) is 5.17. The van der Waals surface area contributed by atoms with Gasteiger partial charge in [-0.05, 0) is 61.9 Å². The molecule has 9 heteroatoms. The fraction of sp³-hybridized carbons (Fsp3) is 0.333. The van der Waals surface area contributed by atoms with Crippen LogP contribution in [0, 0.1) is 0 Å². The van der Waals surface area contributed by atoms with Crippen molar-refractivity contribution in [2.24, 2.45) is 4.99 Å². The van der Waals surface area contributed by atoms with Gasteiger partial charge in [0.25, 0.3) is 0 Å². The maximum absolute atomic E-state index is 12.8. The summed E-state index contributed by atoms with van der Waals surface area (Å²) in [6, 6.07) is 14.1. The second-order valence-corrected chi connectivity index (χ2v) is 9.58. The lowest BCUT2D eigenvalue weighted by Crippen LogP contribution is -2.40. The molecule has 0 aromatic heterocycles. The van der Waals surface area contributed by atoms with Crippen molar-refractivity contribution in [1.29, 1.82) is 0 Å². The van der Waals surface area contributed by atoms with Crippen molar-refractivity contribution in [1.82, 2.24) is 4.31 Å². The second kappa shape index (κ2) is 9.86. The second-order valence-electron chi connectivity index (χ2n) is 7.64. The lowest BCUT2D eigenvalue weighted by Gasteiger charge is -2.26. The van der Waals surface area contributed by atoms with Gasteiger partial charge in [0.15, 0.2) is 5.70 Å². The van der Waals surface area contributed by atoms with Gasteiger partial charge in [0.2, 0.25) is 15.9 Å². The van der Waals surface area contributed by atoms with Crippen LogP contribution in [0.15, 0.2) is 64.1 Å². The first-order valence-corrected chi connectivity index (χ1v) is 12.4. The highest BCUT2D eigenvalue weighted by atomic mass is 32.2. The van der Waals surface area contributed by atoms with E-state index in [0.717, 1.165) is 24.3 Å². The van der Waals surface area contributed by atoms with E-state index in [1.54, 1.807) is 18.2 Å². The van der Waals surface area contributed by atoms with Gasteiger partial charge in [-0.2, -0.15) is 4.31 Å². The molecule has 0 saturated carbocycles. The molecule has 1 saturated heterocycles. The molecule has 0 N–H and O–H groups in total. The van der Waals surface area contributed by atoms with Gasteiger partial charge < -0.3 is 14.4 Å². The van der Waals surface area contributed by atoms with Crippen LogP contribution in [0.25, 0.3) is 6.08 Å². The molecule has 0 spiro atoms. The Balaban J connectivity index is 1.51. The van der Waals surface area contributed by atoms with Gasteiger partial charge in [-0.25, -0.2) is 18.2 Å². The number of carbonyl (C=O) groups is 1. The summed E-state index contributed by atoms with van der Waals surface area (Å²) in [7, 11) is -3.59. The van der Waals surface area contributed by atoms with Crippen molar-refractivity contribution in [3.05, 3.63) is 65.4 Å². The Morgan fingerprint density at radius 1 is 1.00 bits per heavy atom. The Morgan fingerprint density at radius 2 is 1.64 bits per heavy atom. The molecule has 2 heterocycles. The minimum atomic E-state index is -3.59. The van der Waals surface area contributed by atoms with E-state index in [4.69, 9.17) is 9.47 Å². The number of hydrogen-bond acceptors (Lipinski definition) is 7. The number of rotatable bonds is 7. The lowest BCUT2D eigenvalue weighted by molar-refractivity contribution is -0.129. The number of aliphatic imine (C=N–C) groups is 1. The molecule has 2 aliphatic rings. The Labute approximate surface area is 194 Å². The van der Waals surface area contributed by atoms with Crippen LogP contribution in [0.4, 0.5) is 5.69 Å². The highest BCUT2D eigenvalue weighted by Gasteiger charge is 2.28. The van der Waals surface area contributed by atoms with Crippen molar-refractivity contribution in [2.75, 3.05) is 44.3 Å². The quantitative estimate of drug-likeness (QED) is 0.458. The number of morpholine rings is 1. The molecule has 2 aromatic carbocycles. The summed E-state index contributed by atoms with van der Waals surface area (Å²) in [5.41, 5.74) is 2.69. The van der Waals surface area contributed by atoms with Gasteiger partial charge in [-0.1, -0.05) is 12.1 Å². The molecule has 8 nitrogen and oxygen atoms in total. The standard InChI is InChI=1S/C24H27N3O5S/c1-3-26(4-2)20-9-5-18(6-10-20)17-22-24(28)32-23(25-22)19-7-11-21(12-8-19)33(29,30)27-13-15-31-16-14-27/h5-12,17H,3-4,13-16H2,1-2H3/b22-17-. The largest absolute Gasteiger partial charge is 0.402 e. The third kappa shape index (κ3) is 5.00. The van der Waals surface area contributed by atoms with Crippen LogP contribution in [-0.2, 0) is 24.3 Å². The molecule has 2 aromatic rings. The van der Waals surface area contributed by atoms with E-state index in [0.29, 0.717) is 31.9 Å². The van der Waals surface area contributed by atoms with Crippen LogP contribution < -0.4 is 4.90 Å². The van der Waals surface area contributed by atoms with E-state index in [2.05, 4.69) is 23.7 Å². The highest BCUT2D eigenvalue weighted by Crippen LogP contribution is 2.23. The minimum Gasteiger partial charge on any atom is -0.402 e. The summed E-state index contributed by atoms with van der Waals surface area (Å²) in [4.78, 5) is 19.1. The molecule has 0 bridgehead atoms. The molecule has 0 unspecified atom stereocenters. The monoisotopic (exact) mass is 469 g/mol. The summed E-state index contributed by atoms with van der Waals surface area (Å²) in [6.07, 6.45) is 1.68. The number of anilines is 1. The van der Waals surface area contributed by atoms with E-state index in [9.17, 15) is 13.2 Å². The summed E-state index contributed by atoms with van der Waals surface area (Å²) in [5, 5.41) is 0. The Bertz CT molecular complexity index is 1160.